The number of nitrogens with two attached hydrogens (primary N) is 1. The van der Waals surface area contributed by atoms with E-state index in [-0.39, 0.29) is 17.1 Å². The van der Waals surface area contributed by atoms with Crippen molar-refractivity contribution in [1.82, 2.24) is 9.88 Å². The summed E-state index contributed by atoms with van der Waals surface area (Å²) in [5, 5.41) is 5.26. The van der Waals surface area contributed by atoms with Crippen LogP contribution in [-0.2, 0) is 34.6 Å². The summed E-state index contributed by atoms with van der Waals surface area (Å²) in [5.74, 6) is 0.118. The van der Waals surface area contributed by atoms with Crippen molar-refractivity contribution < 1.29 is 23.7 Å². The highest BCUT2D eigenvalue weighted by Crippen LogP contribution is 2.43. The normalized spacial score (nSPS) is 20.1. The van der Waals surface area contributed by atoms with E-state index in [4.69, 9.17) is 76.7 Å². The zero-order valence-electron chi connectivity index (χ0n) is 28.1. The van der Waals surface area contributed by atoms with Gasteiger partial charge in [-0.1, -0.05) is 47.5 Å². The molecule has 1 aromatic heterocycles. The van der Waals surface area contributed by atoms with Gasteiger partial charge in [-0.3, -0.25) is 4.79 Å². The van der Waals surface area contributed by atoms with Crippen LogP contribution < -0.4 is 10.6 Å². The SMILES string of the molecule is Clc1ccc(C2(c3csc(N4CCOCC4)n3)CCOCC2)cc1.NC(=S)N1CCOCC1.O=C(CCl)C1(c2ccc(Cl)cc2)CCOCC1. The number of nitrogens with zero attached hydrogens (tertiary/aromatic N) is 3. The summed E-state index contributed by atoms with van der Waals surface area (Å²) < 4.78 is 21.5. The number of rotatable bonds is 6. The van der Waals surface area contributed by atoms with E-state index in [1.165, 1.54) is 11.3 Å². The number of thiocarbonyl (C=S) groups is 1. The molecular formula is C36H45Cl3N4O5S2. The summed E-state index contributed by atoms with van der Waals surface area (Å²) >= 11 is 24.2. The first-order valence-corrected chi connectivity index (χ1v) is 19.5. The Balaban J connectivity index is 0.000000162. The van der Waals surface area contributed by atoms with Gasteiger partial charge in [0.15, 0.2) is 16.0 Å². The van der Waals surface area contributed by atoms with Gasteiger partial charge in [0.1, 0.15) is 0 Å². The minimum atomic E-state index is -0.482. The maximum Gasteiger partial charge on any atom is 0.185 e. The molecule has 5 heterocycles. The van der Waals surface area contributed by atoms with Crippen molar-refractivity contribution in [2.45, 2.75) is 36.5 Å². The molecule has 3 aromatic rings. The summed E-state index contributed by atoms with van der Waals surface area (Å²) in [6.45, 7) is 9.33. The number of Topliss-reactive ketones (excluding diaryl/α,β-unsaturated/α-hetero) is 1. The maximum atomic E-state index is 12.2. The number of aromatic nitrogens is 1. The monoisotopic (exact) mass is 782 g/mol. The molecule has 0 amide bonds. The van der Waals surface area contributed by atoms with Gasteiger partial charge < -0.3 is 34.5 Å². The lowest BCUT2D eigenvalue weighted by molar-refractivity contribution is -0.125. The molecule has 0 spiro atoms. The van der Waals surface area contributed by atoms with Crippen molar-refractivity contribution >= 4 is 74.4 Å². The molecule has 0 aliphatic carbocycles. The van der Waals surface area contributed by atoms with Crippen LogP contribution in [0.1, 0.15) is 42.5 Å². The Morgan fingerprint density at radius 1 is 0.760 bits per heavy atom. The van der Waals surface area contributed by atoms with Crippen LogP contribution in [0.5, 0.6) is 0 Å². The van der Waals surface area contributed by atoms with Crippen LogP contribution in [0.25, 0.3) is 0 Å². The Bertz CT molecular complexity index is 1500. The van der Waals surface area contributed by atoms with Crippen LogP contribution in [0.2, 0.25) is 10.0 Å². The van der Waals surface area contributed by atoms with Crippen molar-refractivity contribution in [2.24, 2.45) is 5.73 Å². The molecule has 0 bridgehead atoms. The van der Waals surface area contributed by atoms with Gasteiger partial charge in [0.05, 0.1) is 43.4 Å². The summed E-state index contributed by atoms with van der Waals surface area (Å²) in [5.41, 5.74) is 8.27. The summed E-state index contributed by atoms with van der Waals surface area (Å²) in [4.78, 5) is 21.5. The molecule has 4 saturated heterocycles. The van der Waals surface area contributed by atoms with Gasteiger partial charge in [-0.25, -0.2) is 4.98 Å². The highest BCUT2D eigenvalue weighted by Gasteiger charge is 2.41. The first kappa shape index (κ1) is 39.2. The van der Waals surface area contributed by atoms with Crippen LogP contribution in [0, 0.1) is 0 Å². The zero-order valence-corrected chi connectivity index (χ0v) is 32.0. The van der Waals surface area contributed by atoms with Crippen LogP contribution in [0.4, 0.5) is 5.13 Å². The van der Waals surface area contributed by atoms with Gasteiger partial charge >= 0.3 is 0 Å². The molecule has 0 unspecified atom stereocenters. The minimum Gasteiger partial charge on any atom is -0.381 e. The Hall–Kier alpha value is -2.06. The van der Waals surface area contributed by atoms with Crippen LogP contribution >= 0.6 is 58.4 Å². The first-order chi connectivity index (χ1) is 24.3. The highest BCUT2D eigenvalue weighted by atomic mass is 35.5. The van der Waals surface area contributed by atoms with Crippen molar-refractivity contribution in [3.63, 3.8) is 0 Å². The third-order valence-corrected chi connectivity index (χ3v) is 11.6. The molecule has 0 saturated carbocycles. The third kappa shape index (κ3) is 9.87. The number of benzene rings is 2. The second-order valence-corrected chi connectivity index (χ2v) is 14.9. The fraction of sp³-hybridized carbons (Fsp3) is 0.528. The van der Waals surface area contributed by atoms with Crippen LogP contribution in [-0.4, -0.2) is 106 Å². The Morgan fingerprint density at radius 2 is 1.24 bits per heavy atom. The molecule has 4 aliphatic rings. The number of hydrogen-bond donors (Lipinski definition) is 1. The van der Waals surface area contributed by atoms with Gasteiger partial charge in [-0.15, -0.1) is 22.9 Å². The largest absolute Gasteiger partial charge is 0.381 e. The predicted octanol–water partition coefficient (Wildman–Crippen LogP) is 6.49. The molecule has 50 heavy (non-hydrogen) atoms. The number of thiazole rings is 1. The number of hydrogen-bond acceptors (Lipinski definition) is 9. The van der Waals surface area contributed by atoms with E-state index in [2.05, 4.69) is 22.4 Å². The third-order valence-electron chi connectivity index (χ3n) is 9.73. The fourth-order valence-corrected chi connectivity index (χ4v) is 8.36. The van der Waals surface area contributed by atoms with Crippen molar-refractivity contribution in [2.75, 3.05) is 89.8 Å². The van der Waals surface area contributed by atoms with Crippen molar-refractivity contribution in [1.29, 1.82) is 0 Å². The Kier molecular flexibility index (Phi) is 15.0. The lowest BCUT2D eigenvalue weighted by Gasteiger charge is -2.36. The number of halogens is 3. The molecule has 4 aliphatic heterocycles. The highest BCUT2D eigenvalue weighted by molar-refractivity contribution is 7.80. The van der Waals surface area contributed by atoms with E-state index in [1.54, 1.807) is 11.3 Å². The number of ether oxygens (including phenoxy) is 4. The predicted molar refractivity (Wildman–Crippen MR) is 206 cm³/mol. The van der Waals surface area contributed by atoms with Gasteiger partial charge in [-0.05, 0) is 73.3 Å². The first-order valence-electron chi connectivity index (χ1n) is 16.9. The molecular weight excluding hydrogens is 739 g/mol. The lowest BCUT2D eigenvalue weighted by Crippen LogP contribution is -2.43. The topological polar surface area (TPSA) is 99.4 Å². The summed E-state index contributed by atoms with van der Waals surface area (Å²) in [7, 11) is 0. The molecule has 2 N–H and O–H groups in total. The van der Waals surface area contributed by atoms with Crippen LogP contribution in [0.3, 0.4) is 0 Å². The Morgan fingerprint density at radius 3 is 1.74 bits per heavy atom. The lowest BCUT2D eigenvalue weighted by atomic mass is 9.71. The number of morpholine rings is 2. The average molecular weight is 784 g/mol. The molecule has 14 heteroatoms. The maximum absolute atomic E-state index is 12.2. The van der Waals surface area contributed by atoms with Gasteiger partial charge in [0, 0.05) is 73.4 Å². The van der Waals surface area contributed by atoms with E-state index < -0.39 is 5.41 Å². The quantitative estimate of drug-likeness (QED) is 0.221. The molecule has 0 radical (unpaired) electrons. The van der Waals surface area contributed by atoms with Gasteiger partial charge in [0.2, 0.25) is 0 Å². The number of ketones is 1. The molecule has 7 rings (SSSR count). The molecule has 9 nitrogen and oxygen atoms in total. The van der Waals surface area contributed by atoms with Crippen LogP contribution in [0.15, 0.2) is 53.9 Å². The number of carbonyl (C=O) groups excluding carboxylic acids is 1. The van der Waals surface area contributed by atoms with Crippen molar-refractivity contribution in [3.05, 3.63) is 80.8 Å². The minimum absolute atomic E-state index is 0.0443. The zero-order chi connectivity index (χ0) is 35.4. The average Bonchev–Trinajstić information content (AvgIpc) is 3.68. The van der Waals surface area contributed by atoms with E-state index in [9.17, 15) is 4.79 Å². The van der Waals surface area contributed by atoms with Gasteiger partial charge in [-0.2, -0.15) is 0 Å². The number of alkyl halides is 1. The Labute approximate surface area is 319 Å². The summed E-state index contributed by atoms with van der Waals surface area (Å²) in [6.07, 6.45) is 3.31. The molecule has 272 valence electrons. The second kappa shape index (κ2) is 19.1. The van der Waals surface area contributed by atoms with Crippen molar-refractivity contribution in [3.8, 4) is 0 Å². The van der Waals surface area contributed by atoms with E-state index in [0.717, 1.165) is 94.4 Å². The fourth-order valence-electron chi connectivity index (χ4n) is 6.69. The second-order valence-electron chi connectivity index (χ2n) is 12.5. The van der Waals surface area contributed by atoms with E-state index >= 15 is 0 Å². The van der Waals surface area contributed by atoms with E-state index in [1.807, 2.05) is 41.3 Å². The summed E-state index contributed by atoms with van der Waals surface area (Å²) in [6, 6.07) is 15.7. The van der Waals surface area contributed by atoms with Gasteiger partial charge in [0.25, 0.3) is 0 Å². The van der Waals surface area contributed by atoms with E-state index in [0.29, 0.717) is 36.2 Å². The number of carbonyl (C=O) groups is 1. The standard InChI is InChI=1S/C18H21ClN2O2S.C13H14Cl2O2.C5H10N2OS/c19-15-3-1-14(2-4-15)18(5-9-22-10-6-18)16-13-24-17(20-16)21-7-11-23-12-8-21;14-9-12(16)13(5-7-17-8-6-13)10-1-3-11(15)4-2-10;6-5(9)7-1-3-8-4-2-7/h1-4,13H,5-12H2;1-4H,5-9H2;1-4H2,(H2,6,9). The molecule has 0 atom stereocenters. The smallest absolute Gasteiger partial charge is 0.185 e. The number of anilines is 1. The molecule has 2 aromatic carbocycles. The molecule has 4 fully saturated rings.